The fourth-order valence-corrected chi connectivity index (χ4v) is 3.23. The summed E-state index contributed by atoms with van der Waals surface area (Å²) in [7, 11) is 0. The van der Waals surface area contributed by atoms with E-state index in [0.717, 1.165) is 11.1 Å². The molecule has 24 heavy (non-hydrogen) atoms. The second-order valence-electron chi connectivity index (χ2n) is 5.63. The fourth-order valence-electron chi connectivity index (χ4n) is 2.65. The first-order chi connectivity index (χ1) is 11.7. The van der Waals surface area contributed by atoms with Gasteiger partial charge in [-0.05, 0) is 17.5 Å². The molecule has 2 heterocycles. The van der Waals surface area contributed by atoms with E-state index in [1.807, 2.05) is 49.4 Å². The van der Waals surface area contributed by atoms with Gasteiger partial charge in [0.15, 0.2) is 5.82 Å². The Morgan fingerprint density at radius 3 is 2.88 bits per heavy atom. The van der Waals surface area contributed by atoms with E-state index in [9.17, 15) is 4.79 Å². The Kier molecular flexibility index (Phi) is 3.74. The van der Waals surface area contributed by atoms with Crippen molar-refractivity contribution in [3.8, 4) is 28.1 Å². The Balaban J connectivity index is 1.57. The summed E-state index contributed by atoms with van der Waals surface area (Å²) in [6.07, 6.45) is 0.407. The predicted octanol–water partition coefficient (Wildman–Crippen LogP) is 4.41. The van der Waals surface area contributed by atoms with Crippen molar-refractivity contribution in [3.05, 3.63) is 54.1 Å². The zero-order valence-corrected chi connectivity index (χ0v) is 13.7. The SMILES string of the molecule is CC1CC(=O)Oc2cc(Oc3nc(-c4ccccc4)ns3)ccc21. The molecule has 0 amide bonds. The van der Waals surface area contributed by atoms with Crippen LogP contribution in [0.4, 0.5) is 0 Å². The van der Waals surface area contributed by atoms with Gasteiger partial charge in [0, 0.05) is 23.2 Å². The maximum atomic E-state index is 11.6. The highest BCUT2D eigenvalue weighted by atomic mass is 32.1. The summed E-state index contributed by atoms with van der Waals surface area (Å²) >= 11 is 1.19. The first kappa shape index (κ1) is 14.8. The average Bonchev–Trinajstić information content (AvgIpc) is 3.03. The van der Waals surface area contributed by atoms with Crippen LogP contribution in [0.25, 0.3) is 11.4 Å². The average molecular weight is 338 g/mol. The van der Waals surface area contributed by atoms with Crippen molar-refractivity contribution in [1.29, 1.82) is 0 Å². The molecule has 5 nitrogen and oxygen atoms in total. The Hall–Kier alpha value is -2.73. The number of carbonyl (C=O) groups is 1. The molecule has 0 saturated carbocycles. The van der Waals surface area contributed by atoms with Gasteiger partial charge in [-0.25, -0.2) is 0 Å². The number of nitrogens with zero attached hydrogens (tertiary/aromatic N) is 2. The quantitative estimate of drug-likeness (QED) is 0.523. The van der Waals surface area contributed by atoms with E-state index in [4.69, 9.17) is 9.47 Å². The van der Waals surface area contributed by atoms with Gasteiger partial charge in [-0.2, -0.15) is 9.36 Å². The molecule has 6 heteroatoms. The number of aromatic nitrogens is 2. The Labute approximate surface area is 143 Å². The van der Waals surface area contributed by atoms with Crippen molar-refractivity contribution in [2.75, 3.05) is 0 Å². The van der Waals surface area contributed by atoms with Gasteiger partial charge in [0.1, 0.15) is 11.5 Å². The van der Waals surface area contributed by atoms with Crippen LogP contribution in [-0.2, 0) is 4.79 Å². The number of rotatable bonds is 3. The Bertz CT molecular complexity index is 892. The van der Waals surface area contributed by atoms with Crippen molar-refractivity contribution >= 4 is 17.5 Å². The molecule has 2 aromatic carbocycles. The largest absolute Gasteiger partial charge is 0.430 e. The highest BCUT2D eigenvalue weighted by Crippen LogP contribution is 2.37. The third kappa shape index (κ3) is 2.88. The highest BCUT2D eigenvalue weighted by Gasteiger charge is 2.24. The van der Waals surface area contributed by atoms with Crippen molar-refractivity contribution in [1.82, 2.24) is 9.36 Å². The molecule has 120 valence electrons. The molecule has 1 aromatic heterocycles. The van der Waals surface area contributed by atoms with Crippen LogP contribution in [0.3, 0.4) is 0 Å². The Morgan fingerprint density at radius 2 is 2.04 bits per heavy atom. The first-order valence-corrected chi connectivity index (χ1v) is 8.38. The van der Waals surface area contributed by atoms with Crippen LogP contribution in [0.15, 0.2) is 48.5 Å². The number of hydrogen-bond acceptors (Lipinski definition) is 6. The monoisotopic (exact) mass is 338 g/mol. The fraction of sp³-hybridized carbons (Fsp3) is 0.167. The van der Waals surface area contributed by atoms with Gasteiger partial charge in [0.25, 0.3) is 5.19 Å². The van der Waals surface area contributed by atoms with E-state index in [1.165, 1.54) is 11.5 Å². The maximum absolute atomic E-state index is 11.6. The molecular formula is C18H14N2O3S. The molecule has 1 aliphatic rings. The molecule has 1 atom stereocenters. The summed E-state index contributed by atoms with van der Waals surface area (Å²) in [6.45, 7) is 2.01. The van der Waals surface area contributed by atoms with Crippen molar-refractivity contribution in [2.45, 2.75) is 19.3 Å². The number of ether oxygens (including phenoxy) is 2. The number of hydrogen-bond donors (Lipinski definition) is 0. The second-order valence-corrected chi connectivity index (χ2v) is 6.35. The van der Waals surface area contributed by atoms with E-state index in [-0.39, 0.29) is 11.9 Å². The summed E-state index contributed by atoms with van der Waals surface area (Å²) in [5.74, 6) is 1.71. The molecule has 1 unspecified atom stereocenters. The topological polar surface area (TPSA) is 61.3 Å². The van der Waals surface area contributed by atoms with E-state index in [0.29, 0.717) is 28.9 Å². The van der Waals surface area contributed by atoms with Gasteiger partial charge in [-0.15, -0.1) is 0 Å². The lowest BCUT2D eigenvalue weighted by Gasteiger charge is -2.21. The highest BCUT2D eigenvalue weighted by molar-refractivity contribution is 7.07. The summed E-state index contributed by atoms with van der Waals surface area (Å²) in [5.41, 5.74) is 1.96. The van der Waals surface area contributed by atoms with Gasteiger partial charge in [0.2, 0.25) is 0 Å². The van der Waals surface area contributed by atoms with Gasteiger partial charge in [0.05, 0.1) is 6.42 Å². The first-order valence-electron chi connectivity index (χ1n) is 7.60. The summed E-state index contributed by atoms with van der Waals surface area (Å²) in [4.78, 5) is 16.0. The number of carbonyl (C=O) groups excluding carboxylic acids is 1. The van der Waals surface area contributed by atoms with Crippen LogP contribution >= 0.6 is 11.5 Å². The summed E-state index contributed by atoms with van der Waals surface area (Å²) < 4.78 is 15.4. The smallest absolute Gasteiger partial charge is 0.311 e. The van der Waals surface area contributed by atoms with E-state index >= 15 is 0 Å². The van der Waals surface area contributed by atoms with Gasteiger partial charge >= 0.3 is 5.97 Å². The van der Waals surface area contributed by atoms with E-state index < -0.39 is 0 Å². The number of esters is 1. The molecule has 0 spiro atoms. The minimum atomic E-state index is -0.213. The van der Waals surface area contributed by atoms with Gasteiger partial charge in [-0.1, -0.05) is 43.3 Å². The summed E-state index contributed by atoms with van der Waals surface area (Å²) in [6, 6.07) is 15.2. The third-order valence-electron chi connectivity index (χ3n) is 3.86. The minimum Gasteiger partial charge on any atom is -0.430 e. The zero-order valence-electron chi connectivity index (χ0n) is 12.9. The zero-order chi connectivity index (χ0) is 16.5. The molecule has 0 bridgehead atoms. The van der Waals surface area contributed by atoms with Crippen LogP contribution in [0.2, 0.25) is 0 Å². The van der Waals surface area contributed by atoms with Gasteiger partial charge in [-0.3, -0.25) is 4.79 Å². The lowest BCUT2D eigenvalue weighted by atomic mass is 9.95. The molecule has 0 fully saturated rings. The third-order valence-corrected chi connectivity index (χ3v) is 4.45. The van der Waals surface area contributed by atoms with Crippen molar-refractivity contribution in [2.24, 2.45) is 0 Å². The molecular weight excluding hydrogens is 324 g/mol. The molecule has 4 rings (SSSR count). The number of benzene rings is 2. The van der Waals surface area contributed by atoms with Crippen LogP contribution in [-0.4, -0.2) is 15.3 Å². The van der Waals surface area contributed by atoms with Crippen LogP contribution < -0.4 is 9.47 Å². The summed E-state index contributed by atoms with van der Waals surface area (Å²) in [5, 5.41) is 0.448. The van der Waals surface area contributed by atoms with Crippen LogP contribution in [0.1, 0.15) is 24.8 Å². The van der Waals surface area contributed by atoms with Crippen molar-refractivity contribution in [3.63, 3.8) is 0 Å². The molecule has 3 aromatic rings. The lowest BCUT2D eigenvalue weighted by molar-refractivity contribution is -0.135. The van der Waals surface area contributed by atoms with Crippen LogP contribution in [0.5, 0.6) is 16.7 Å². The lowest BCUT2D eigenvalue weighted by Crippen LogP contribution is -2.18. The molecule has 0 radical (unpaired) electrons. The number of fused-ring (bicyclic) bond motifs is 1. The maximum Gasteiger partial charge on any atom is 0.311 e. The van der Waals surface area contributed by atoms with Gasteiger partial charge < -0.3 is 9.47 Å². The standard InChI is InChI=1S/C18H14N2O3S/c1-11-9-16(21)23-15-10-13(7-8-14(11)15)22-18-19-17(20-24-18)12-5-3-2-4-6-12/h2-8,10-11H,9H2,1H3. The molecule has 0 saturated heterocycles. The molecule has 0 aliphatic carbocycles. The second kappa shape index (κ2) is 6.05. The minimum absolute atomic E-state index is 0.154. The van der Waals surface area contributed by atoms with E-state index in [2.05, 4.69) is 9.36 Å². The predicted molar refractivity (Wildman–Crippen MR) is 90.5 cm³/mol. The van der Waals surface area contributed by atoms with Crippen LogP contribution in [0, 0.1) is 0 Å². The van der Waals surface area contributed by atoms with E-state index in [1.54, 1.807) is 6.07 Å². The molecule has 0 N–H and O–H groups in total. The molecule has 1 aliphatic heterocycles. The normalized spacial score (nSPS) is 16.4. The van der Waals surface area contributed by atoms with Crippen molar-refractivity contribution < 1.29 is 14.3 Å². The Morgan fingerprint density at radius 1 is 1.21 bits per heavy atom.